The van der Waals surface area contributed by atoms with E-state index in [1.165, 1.54) is 0 Å². The molecule has 1 aliphatic rings. The largest absolute Gasteiger partial charge is 0.490 e. The van der Waals surface area contributed by atoms with Crippen LogP contribution >= 0.6 is 0 Å². The van der Waals surface area contributed by atoms with Gasteiger partial charge in [-0.15, -0.1) is 0 Å². The van der Waals surface area contributed by atoms with Crippen molar-refractivity contribution < 1.29 is 14.2 Å². The van der Waals surface area contributed by atoms with Gasteiger partial charge in [-0.3, -0.25) is 4.90 Å². The van der Waals surface area contributed by atoms with Crippen molar-refractivity contribution in [2.75, 3.05) is 32.9 Å². The minimum Gasteiger partial charge on any atom is -0.490 e. The Bertz CT molecular complexity index is 597. The fourth-order valence-corrected chi connectivity index (χ4v) is 2.73. The number of para-hydroxylation sites is 2. The van der Waals surface area contributed by atoms with E-state index in [1.807, 2.05) is 49.4 Å². The molecule has 0 radical (unpaired) electrons. The second kappa shape index (κ2) is 7.99. The Morgan fingerprint density at radius 3 is 2.30 bits per heavy atom. The van der Waals surface area contributed by atoms with Gasteiger partial charge >= 0.3 is 0 Å². The third-order valence-corrected chi connectivity index (χ3v) is 3.85. The molecule has 0 saturated carbocycles. The predicted octanol–water partition coefficient (Wildman–Crippen LogP) is 3.50. The van der Waals surface area contributed by atoms with Gasteiger partial charge in [0.15, 0.2) is 17.7 Å². The maximum atomic E-state index is 6.37. The van der Waals surface area contributed by atoms with Crippen LogP contribution in [0.5, 0.6) is 11.5 Å². The highest BCUT2D eigenvalue weighted by Crippen LogP contribution is 2.32. The van der Waals surface area contributed by atoms with Crippen molar-refractivity contribution >= 4 is 0 Å². The van der Waals surface area contributed by atoms with Gasteiger partial charge in [0.05, 0.1) is 19.8 Å². The van der Waals surface area contributed by atoms with Gasteiger partial charge in [-0.25, -0.2) is 0 Å². The van der Waals surface area contributed by atoms with Crippen molar-refractivity contribution in [1.82, 2.24) is 4.90 Å². The Morgan fingerprint density at radius 2 is 1.61 bits per heavy atom. The second-order valence-electron chi connectivity index (χ2n) is 5.41. The average molecular weight is 313 g/mol. The number of nitrogens with zero attached hydrogens (tertiary/aromatic N) is 1. The van der Waals surface area contributed by atoms with Crippen molar-refractivity contribution in [3.8, 4) is 11.5 Å². The maximum Gasteiger partial charge on any atom is 0.179 e. The number of benzene rings is 2. The fraction of sp³-hybridized carbons (Fsp3) is 0.368. The van der Waals surface area contributed by atoms with Crippen molar-refractivity contribution in [1.29, 1.82) is 0 Å². The first-order valence-corrected chi connectivity index (χ1v) is 8.13. The summed E-state index contributed by atoms with van der Waals surface area (Å²) in [4.78, 5) is 2.31. The summed E-state index contributed by atoms with van der Waals surface area (Å²) in [6.45, 7) is 5.79. The molecule has 0 amide bonds. The van der Waals surface area contributed by atoms with E-state index < -0.39 is 0 Å². The minimum absolute atomic E-state index is 0.137. The smallest absolute Gasteiger partial charge is 0.179 e. The van der Waals surface area contributed by atoms with Crippen LogP contribution in [0.4, 0.5) is 0 Å². The van der Waals surface area contributed by atoms with Gasteiger partial charge in [0.2, 0.25) is 0 Å². The third kappa shape index (κ3) is 4.03. The van der Waals surface area contributed by atoms with Crippen LogP contribution in [-0.4, -0.2) is 37.8 Å². The zero-order valence-corrected chi connectivity index (χ0v) is 13.5. The highest BCUT2D eigenvalue weighted by molar-refractivity contribution is 5.40. The molecule has 122 valence electrons. The van der Waals surface area contributed by atoms with Crippen LogP contribution in [0, 0.1) is 0 Å². The monoisotopic (exact) mass is 313 g/mol. The zero-order valence-electron chi connectivity index (χ0n) is 13.5. The summed E-state index contributed by atoms with van der Waals surface area (Å²) in [5.41, 5.74) is 1.14. The molecule has 0 aliphatic carbocycles. The molecule has 2 aromatic carbocycles. The van der Waals surface area contributed by atoms with E-state index >= 15 is 0 Å². The summed E-state index contributed by atoms with van der Waals surface area (Å²) >= 11 is 0. The van der Waals surface area contributed by atoms with Crippen LogP contribution in [0.15, 0.2) is 54.6 Å². The molecule has 4 heteroatoms. The molecule has 1 aliphatic heterocycles. The van der Waals surface area contributed by atoms with Crippen molar-refractivity contribution in [3.05, 3.63) is 60.2 Å². The van der Waals surface area contributed by atoms with Gasteiger partial charge in [-0.05, 0) is 19.1 Å². The summed E-state index contributed by atoms with van der Waals surface area (Å²) in [6.07, 6.45) is -0.137. The van der Waals surface area contributed by atoms with E-state index in [9.17, 15) is 0 Å². The van der Waals surface area contributed by atoms with Crippen LogP contribution in [0.3, 0.4) is 0 Å². The van der Waals surface area contributed by atoms with E-state index in [-0.39, 0.29) is 6.23 Å². The van der Waals surface area contributed by atoms with Crippen molar-refractivity contribution in [3.63, 3.8) is 0 Å². The lowest BCUT2D eigenvalue weighted by atomic mass is 10.1. The molecule has 1 atom stereocenters. The molecule has 0 spiro atoms. The van der Waals surface area contributed by atoms with E-state index in [4.69, 9.17) is 14.2 Å². The quantitative estimate of drug-likeness (QED) is 0.817. The van der Waals surface area contributed by atoms with E-state index in [1.54, 1.807) is 0 Å². The summed E-state index contributed by atoms with van der Waals surface area (Å²) in [5.74, 6) is 1.55. The Labute approximate surface area is 137 Å². The van der Waals surface area contributed by atoms with Gasteiger partial charge in [0, 0.05) is 18.7 Å². The molecular formula is C19H23NO3. The molecule has 1 fully saturated rings. The molecule has 4 nitrogen and oxygen atoms in total. The summed E-state index contributed by atoms with van der Waals surface area (Å²) < 4.78 is 17.5. The Kier molecular flexibility index (Phi) is 5.51. The standard InChI is InChI=1S/C19H23NO3/c1-2-22-17-10-6-7-11-18(17)23-19(16-8-4-3-5-9-16)20-12-14-21-15-13-20/h3-11,19H,2,12-15H2,1H3/t19-/m0/s1. The van der Waals surface area contributed by atoms with E-state index in [2.05, 4.69) is 17.0 Å². The first-order chi connectivity index (χ1) is 11.4. The molecule has 0 unspecified atom stereocenters. The molecule has 1 heterocycles. The number of rotatable bonds is 6. The SMILES string of the molecule is CCOc1ccccc1O[C@@H](c1ccccc1)N1CCOCC1. The van der Waals surface area contributed by atoms with E-state index in [0.29, 0.717) is 6.61 Å². The molecule has 0 N–H and O–H groups in total. The molecule has 23 heavy (non-hydrogen) atoms. The average Bonchev–Trinajstić information content (AvgIpc) is 2.63. The van der Waals surface area contributed by atoms with Gasteiger partial charge < -0.3 is 14.2 Å². The molecule has 0 aromatic heterocycles. The van der Waals surface area contributed by atoms with Crippen molar-refractivity contribution in [2.24, 2.45) is 0 Å². The maximum absolute atomic E-state index is 6.37. The van der Waals surface area contributed by atoms with Crippen LogP contribution < -0.4 is 9.47 Å². The zero-order chi connectivity index (χ0) is 15.9. The third-order valence-electron chi connectivity index (χ3n) is 3.85. The first-order valence-electron chi connectivity index (χ1n) is 8.13. The highest BCUT2D eigenvalue weighted by Gasteiger charge is 2.25. The Hall–Kier alpha value is -2.04. The molecular weight excluding hydrogens is 290 g/mol. The Balaban J connectivity index is 1.86. The second-order valence-corrected chi connectivity index (χ2v) is 5.41. The first kappa shape index (κ1) is 15.8. The van der Waals surface area contributed by atoms with E-state index in [0.717, 1.165) is 43.4 Å². The van der Waals surface area contributed by atoms with Crippen LogP contribution in [0.1, 0.15) is 18.7 Å². The van der Waals surface area contributed by atoms with Crippen LogP contribution in [0.25, 0.3) is 0 Å². The predicted molar refractivity (Wildman–Crippen MR) is 89.8 cm³/mol. The minimum atomic E-state index is -0.137. The number of hydrogen-bond acceptors (Lipinski definition) is 4. The molecule has 2 aromatic rings. The molecule has 3 rings (SSSR count). The molecule has 0 bridgehead atoms. The lowest BCUT2D eigenvalue weighted by Crippen LogP contribution is -2.41. The van der Waals surface area contributed by atoms with Gasteiger partial charge in [-0.2, -0.15) is 0 Å². The van der Waals surface area contributed by atoms with Gasteiger partial charge in [-0.1, -0.05) is 42.5 Å². The summed E-state index contributed by atoms with van der Waals surface area (Å²) in [6, 6.07) is 18.1. The topological polar surface area (TPSA) is 30.9 Å². The number of morpholine rings is 1. The number of hydrogen-bond donors (Lipinski definition) is 0. The van der Waals surface area contributed by atoms with Crippen LogP contribution in [-0.2, 0) is 4.74 Å². The van der Waals surface area contributed by atoms with Gasteiger partial charge in [0.1, 0.15) is 0 Å². The van der Waals surface area contributed by atoms with Gasteiger partial charge in [0.25, 0.3) is 0 Å². The molecule has 1 saturated heterocycles. The normalized spacial score (nSPS) is 16.7. The number of ether oxygens (including phenoxy) is 3. The lowest BCUT2D eigenvalue weighted by Gasteiger charge is -2.34. The Morgan fingerprint density at radius 1 is 0.957 bits per heavy atom. The lowest BCUT2D eigenvalue weighted by molar-refractivity contribution is -0.0483. The van der Waals surface area contributed by atoms with Crippen molar-refractivity contribution in [2.45, 2.75) is 13.2 Å². The highest BCUT2D eigenvalue weighted by atomic mass is 16.5. The summed E-state index contributed by atoms with van der Waals surface area (Å²) in [7, 11) is 0. The van der Waals surface area contributed by atoms with Crippen LogP contribution in [0.2, 0.25) is 0 Å². The fourth-order valence-electron chi connectivity index (χ4n) is 2.73. The summed E-state index contributed by atoms with van der Waals surface area (Å²) in [5, 5.41) is 0.